The molecule has 1 aliphatic rings. The number of benzene rings is 1. The first-order chi connectivity index (χ1) is 8.01. The Balaban J connectivity index is 0.00000162. The molecule has 1 aliphatic carbocycles. The van der Waals surface area contributed by atoms with Gasteiger partial charge in [0.1, 0.15) is 5.75 Å². The molecule has 0 aromatic heterocycles. The van der Waals surface area contributed by atoms with E-state index in [1.807, 2.05) is 24.3 Å². The van der Waals surface area contributed by atoms with E-state index in [1.54, 1.807) is 7.11 Å². The lowest BCUT2D eigenvalue weighted by atomic mass is 10.2. The van der Waals surface area contributed by atoms with Gasteiger partial charge in [-0.15, -0.1) is 24.0 Å². The van der Waals surface area contributed by atoms with Gasteiger partial charge in [-0.25, -0.2) is 4.99 Å². The zero-order chi connectivity index (χ0) is 12.5. The minimum Gasteiger partial charge on any atom is -0.497 e. The number of rotatable bonds is 3. The van der Waals surface area contributed by atoms with E-state index < -0.39 is 0 Å². The Labute approximate surface area is 125 Å². The second-order valence-corrected chi connectivity index (χ2v) is 5.08. The van der Waals surface area contributed by atoms with E-state index in [2.05, 4.69) is 24.2 Å². The molecular weight excluding hydrogens is 341 g/mol. The Bertz CT molecular complexity index is 428. The molecule has 3 N–H and O–H groups in total. The van der Waals surface area contributed by atoms with Crippen LogP contribution in [0.4, 0.5) is 5.69 Å². The van der Waals surface area contributed by atoms with Crippen LogP contribution < -0.4 is 15.8 Å². The highest BCUT2D eigenvalue weighted by Crippen LogP contribution is 2.47. The molecule has 1 aromatic carbocycles. The summed E-state index contributed by atoms with van der Waals surface area (Å²) in [4.78, 5) is 4.43. The van der Waals surface area contributed by atoms with Crippen molar-refractivity contribution in [2.45, 2.75) is 26.3 Å². The Morgan fingerprint density at radius 2 is 1.94 bits per heavy atom. The van der Waals surface area contributed by atoms with Gasteiger partial charge in [0.25, 0.3) is 0 Å². The van der Waals surface area contributed by atoms with E-state index in [0.717, 1.165) is 17.9 Å². The van der Waals surface area contributed by atoms with Gasteiger partial charge in [0, 0.05) is 5.69 Å². The molecule has 0 aliphatic heterocycles. The summed E-state index contributed by atoms with van der Waals surface area (Å²) in [5.41, 5.74) is 7.08. The monoisotopic (exact) mass is 361 g/mol. The van der Waals surface area contributed by atoms with Crippen molar-refractivity contribution in [2.75, 3.05) is 12.4 Å². The molecular formula is C13H20IN3O. The number of ether oxygens (including phenoxy) is 1. The van der Waals surface area contributed by atoms with E-state index in [0.29, 0.717) is 17.4 Å². The smallest absolute Gasteiger partial charge is 0.193 e. The van der Waals surface area contributed by atoms with Gasteiger partial charge < -0.3 is 15.8 Å². The minimum absolute atomic E-state index is 0. The molecule has 5 heteroatoms. The summed E-state index contributed by atoms with van der Waals surface area (Å²) in [7, 11) is 1.65. The maximum absolute atomic E-state index is 5.85. The van der Waals surface area contributed by atoms with Gasteiger partial charge in [0.05, 0.1) is 13.2 Å². The number of aliphatic imine (C=N–C) groups is 1. The van der Waals surface area contributed by atoms with E-state index in [9.17, 15) is 0 Å². The van der Waals surface area contributed by atoms with Crippen molar-refractivity contribution < 1.29 is 4.74 Å². The first-order valence-corrected chi connectivity index (χ1v) is 5.75. The van der Waals surface area contributed by atoms with Crippen LogP contribution in [0, 0.1) is 5.41 Å². The highest BCUT2D eigenvalue weighted by molar-refractivity contribution is 14.0. The predicted octanol–water partition coefficient (Wildman–Crippen LogP) is 2.84. The minimum atomic E-state index is 0. The number of nitrogens with one attached hydrogen (secondary N) is 1. The maximum Gasteiger partial charge on any atom is 0.193 e. The van der Waals surface area contributed by atoms with Gasteiger partial charge in [-0.1, -0.05) is 13.8 Å². The van der Waals surface area contributed by atoms with Gasteiger partial charge in [-0.2, -0.15) is 0 Å². The van der Waals surface area contributed by atoms with Crippen LogP contribution in [-0.4, -0.2) is 19.1 Å². The summed E-state index contributed by atoms with van der Waals surface area (Å²) in [5.74, 6) is 1.31. The topological polar surface area (TPSA) is 59.6 Å². The largest absolute Gasteiger partial charge is 0.497 e. The predicted molar refractivity (Wildman–Crippen MR) is 85.8 cm³/mol. The lowest BCUT2D eigenvalue weighted by Crippen LogP contribution is -2.23. The molecule has 1 aromatic rings. The first kappa shape index (κ1) is 15.1. The van der Waals surface area contributed by atoms with Crippen molar-refractivity contribution in [1.82, 2.24) is 0 Å². The molecule has 100 valence electrons. The van der Waals surface area contributed by atoms with Crippen molar-refractivity contribution in [2.24, 2.45) is 16.1 Å². The van der Waals surface area contributed by atoms with Gasteiger partial charge in [-0.05, 0) is 36.1 Å². The summed E-state index contributed by atoms with van der Waals surface area (Å²) < 4.78 is 5.09. The van der Waals surface area contributed by atoms with Crippen molar-refractivity contribution >= 4 is 35.6 Å². The fourth-order valence-corrected chi connectivity index (χ4v) is 1.68. The zero-order valence-corrected chi connectivity index (χ0v) is 13.3. The summed E-state index contributed by atoms with van der Waals surface area (Å²) in [6.45, 7) is 4.39. The molecule has 1 atom stereocenters. The number of guanidine groups is 1. The Kier molecular flexibility index (Phi) is 4.84. The third kappa shape index (κ3) is 3.76. The number of nitrogens with two attached hydrogens (primary N) is 1. The van der Waals surface area contributed by atoms with Crippen LogP contribution in [0.2, 0.25) is 0 Å². The summed E-state index contributed by atoms with van der Waals surface area (Å²) >= 11 is 0. The summed E-state index contributed by atoms with van der Waals surface area (Å²) in [6, 6.07) is 7.96. The SMILES string of the molecule is COc1ccc(NC(N)=NC2CC2(C)C)cc1.I. The Morgan fingerprint density at radius 1 is 1.39 bits per heavy atom. The van der Waals surface area contributed by atoms with E-state index in [1.165, 1.54) is 0 Å². The van der Waals surface area contributed by atoms with Gasteiger partial charge in [0.15, 0.2) is 5.96 Å². The Hall–Kier alpha value is -0.980. The first-order valence-electron chi connectivity index (χ1n) is 5.75. The quantitative estimate of drug-likeness (QED) is 0.495. The molecule has 2 rings (SSSR count). The molecule has 0 bridgehead atoms. The number of methoxy groups -OCH3 is 1. The van der Waals surface area contributed by atoms with Crippen LogP contribution in [0.5, 0.6) is 5.75 Å². The van der Waals surface area contributed by atoms with Crippen molar-refractivity contribution in [3.05, 3.63) is 24.3 Å². The second-order valence-electron chi connectivity index (χ2n) is 5.08. The lowest BCUT2D eigenvalue weighted by molar-refractivity contribution is 0.415. The second kappa shape index (κ2) is 5.77. The average molecular weight is 361 g/mol. The molecule has 1 unspecified atom stereocenters. The van der Waals surface area contributed by atoms with Crippen molar-refractivity contribution in [1.29, 1.82) is 0 Å². The van der Waals surface area contributed by atoms with E-state index in [4.69, 9.17) is 10.5 Å². The van der Waals surface area contributed by atoms with Gasteiger partial charge in [0.2, 0.25) is 0 Å². The van der Waals surface area contributed by atoms with Crippen LogP contribution in [0.25, 0.3) is 0 Å². The maximum atomic E-state index is 5.85. The molecule has 1 saturated carbocycles. The Morgan fingerprint density at radius 3 is 2.39 bits per heavy atom. The van der Waals surface area contributed by atoms with Crippen molar-refractivity contribution in [3.63, 3.8) is 0 Å². The van der Waals surface area contributed by atoms with Crippen LogP contribution in [0.3, 0.4) is 0 Å². The van der Waals surface area contributed by atoms with Crippen molar-refractivity contribution in [3.8, 4) is 5.75 Å². The molecule has 0 spiro atoms. The van der Waals surface area contributed by atoms with Gasteiger partial charge in [-0.3, -0.25) is 0 Å². The molecule has 0 heterocycles. The molecule has 18 heavy (non-hydrogen) atoms. The summed E-state index contributed by atoms with van der Waals surface area (Å²) in [5, 5.41) is 3.07. The normalized spacial score (nSPS) is 20.8. The average Bonchev–Trinajstić information content (AvgIpc) is 2.86. The highest BCUT2D eigenvalue weighted by Gasteiger charge is 2.45. The number of hydrogen-bond donors (Lipinski definition) is 2. The van der Waals surface area contributed by atoms with Gasteiger partial charge >= 0.3 is 0 Å². The van der Waals surface area contributed by atoms with Crippen LogP contribution in [-0.2, 0) is 0 Å². The molecule has 4 nitrogen and oxygen atoms in total. The molecule has 0 amide bonds. The number of anilines is 1. The standard InChI is InChI=1S/C13H19N3O.HI/c1-13(2)8-11(13)16-12(14)15-9-4-6-10(17-3)7-5-9;/h4-7,11H,8H2,1-3H3,(H3,14,15,16);1H. The van der Waals surface area contributed by atoms with Crippen LogP contribution in [0.1, 0.15) is 20.3 Å². The lowest BCUT2D eigenvalue weighted by Gasteiger charge is -2.07. The molecule has 0 saturated heterocycles. The zero-order valence-electron chi connectivity index (χ0n) is 10.9. The third-order valence-electron chi connectivity index (χ3n) is 3.12. The van der Waals surface area contributed by atoms with Crippen LogP contribution in [0.15, 0.2) is 29.3 Å². The number of hydrogen-bond acceptors (Lipinski definition) is 2. The number of nitrogens with zero attached hydrogens (tertiary/aromatic N) is 1. The van der Waals surface area contributed by atoms with E-state index >= 15 is 0 Å². The van der Waals surface area contributed by atoms with Crippen LogP contribution >= 0.6 is 24.0 Å². The third-order valence-corrected chi connectivity index (χ3v) is 3.12. The number of halogens is 1. The molecule has 0 radical (unpaired) electrons. The molecule has 1 fully saturated rings. The van der Waals surface area contributed by atoms with E-state index in [-0.39, 0.29) is 24.0 Å². The fourth-order valence-electron chi connectivity index (χ4n) is 1.68. The summed E-state index contributed by atoms with van der Waals surface area (Å²) in [6.07, 6.45) is 1.11. The fraction of sp³-hybridized carbons (Fsp3) is 0.462. The highest BCUT2D eigenvalue weighted by atomic mass is 127.